The Hall–Kier alpha value is -3.67. The van der Waals surface area contributed by atoms with Crippen molar-refractivity contribution in [2.75, 3.05) is 13.2 Å². The highest BCUT2D eigenvalue weighted by Gasteiger charge is 2.19. The average Bonchev–Trinajstić information content (AvgIpc) is 3.27. The molecule has 0 aromatic carbocycles. The molecule has 0 radical (unpaired) electrons. The first kappa shape index (κ1) is 58.3. The molecule has 1 unspecified atom stereocenters. The van der Waals surface area contributed by atoms with Crippen LogP contribution in [0.2, 0.25) is 0 Å². The van der Waals surface area contributed by atoms with Crippen LogP contribution >= 0.6 is 0 Å². The van der Waals surface area contributed by atoms with Crippen molar-refractivity contribution in [3.8, 4) is 0 Å². The van der Waals surface area contributed by atoms with E-state index in [1.165, 1.54) is 96.3 Å². The van der Waals surface area contributed by atoms with Gasteiger partial charge in [0.1, 0.15) is 13.2 Å². The topological polar surface area (TPSA) is 78.9 Å². The maximum Gasteiger partial charge on any atom is 0.306 e. The highest BCUT2D eigenvalue weighted by molar-refractivity contribution is 5.71. The zero-order valence-corrected chi connectivity index (χ0v) is 40.1. The van der Waals surface area contributed by atoms with Gasteiger partial charge >= 0.3 is 17.9 Å². The minimum atomic E-state index is -0.821. The standard InChI is InChI=1S/C56H92O6/c1-4-7-10-13-16-19-22-25-26-27-28-29-32-34-37-40-43-46-49-55(58)61-52-53(62-56(59)50-47-44-41-38-35-31-24-21-18-15-12-9-6-3)51-60-54(57)48-45-42-39-36-33-30-23-20-17-14-11-8-5-2/h9,12,15,18,21-22,24-29,31,35,38,41,53H,4-8,10-11,13-14,16-17,19-20,23,30,32-34,36-37,39-40,42-52H2,1-3H3/b12-9-,18-15-,24-21-,25-22-,27-26-,29-28-,35-31-,41-38-. The summed E-state index contributed by atoms with van der Waals surface area (Å²) in [7, 11) is 0. The van der Waals surface area contributed by atoms with E-state index >= 15 is 0 Å². The van der Waals surface area contributed by atoms with E-state index in [0.717, 1.165) is 77.0 Å². The van der Waals surface area contributed by atoms with Gasteiger partial charge in [-0.1, -0.05) is 240 Å². The van der Waals surface area contributed by atoms with Gasteiger partial charge in [0.05, 0.1) is 0 Å². The zero-order valence-electron chi connectivity index (χ0n) is 40.1. The van der Waals surface area contributed by atoms with Crippen LogP contribution in [0.3, 0.4) is 0 Å². The van der Waals surface area contributed by atoms with E-state index in [0.29, 0.717) is 19.3 Å². The van der Waals surface area contributed by atoms with Gasteiger partial charge in [0.2, 0.25) is 0 Å². The van der Waals surface area contributed by atoms with Gasteiger partial charge in [0, 0.05) is 19.3 Å². The molecule has 0 aliphatic heterocycles. The van der Waals surface area contributed by atoms with Crippen LogP contribution in [0, 0.1) is 0 Å². The van der Waals surface area contributed by atoms with Gasteiger partial charge in [-0.3, -0.25) is 14.4 Å². The summed E-state index contributed by atoms with van der Waals surface area (Å²) in [6.45, 7) is 6.39. The van der Waals surface area contributed by atoms with Crippen molar-refractivity contribution in [1.29, 1.82) is 0 Å². The lowest BCUT2D eigenvalue weighted by atomic mass is 10.0. The Morgan fingerprint density at radius 1 is 0.339 bits per heavy atom. The molecule has 6 nitrogen and oxygen atoms in total. The second-order valence-electron chi connectivity index (χ2n) is 16.5. The number of carbonyl (C=O) groups excluding carboxylic acids is 3. The van der Waals surface area contributed by atoms with E-state index in [4.69, 9.17) is 14.2 Å². The Morgan fingerprint density at radius 3 is 1.03 bits per heavy atom. The Kier molecular flexibility index (Phi) is 47.0. The quantitative estimate of drug-likeness (QED) is 0.0263. The van der Waals surface area contributed by atoms with Gasteiger partial charge in [-0.2, -0.15) is 0 Å². The predicted octanol–water partition coefficient (Wildman–Crippen LogP) is 16.6. The average molecular weight is 861 g/mol. The molecule has 0 saturated heterocycles. The lowest BCUT2D eigenvalue weighted by Gasteiger charge is -2.18. The Bertz CT molecular complexity index is 1260. The van der Waals surface area contributed by atoms with Gasteiger partial charge in [-0.15, -0.1) is 0 Å². The minimum absolute atomic E-state index is 0.112. The molecule has 0 fully saturated rings. The molecule has 0 aliphatic carbocycles. The third-order valence-electron chi connectivity index (χ3n) is 10.5. The van der Waals surface area contributed by atoms with E-state index in [-0.39, 0.29) is 37.5 Å². The first-order valence-electron chi connectivity index (χ1n) is 25.3. The van der Waals surface area contributed by atoms with Crippen LogP contribution in [0.4, 0.5) is 0 Å². The normalized spacial score (nSPS) is 12.9. The molecule has 0 aromatic rings. The van der Waals surface area contributed by atoms with Gasteiger partial charge in [0.25, 0.3) is 0 Å². The van der Waals surface area contributed by atoms with Crippen LogP contribution in [0.5, 0.6) is 0 Å². The number of carbonyl (C=O) groups is 3. The van der Waals surface area contributed by atoms with Crippen LogP contribution in [-0.2, 0) is 28.6 Å². The first-order valence-corrected chi connectivity index (χ1v) is 25.3. The fourth-order valence-electron chi connectivity index (χ4n) is 6.71. The molecule has 352 valence electrons. The molecule has 0 saturated carbocycles. The molecule has 6 heteroatoms. The lowest BCUT2D eigenvalue weighted by molar-refractivity contribution is -0.167. The largest absolute Gasteiger partial charge is 0.462 e. The third-order valence-corrected chi connectivity index (χ3v) is 10.5. The van der Waals surface area contributed by atoms with Crippen LogP contribution < -0.4 is 0 Å². The summed E-state index contributed by atoms with van der Waals surface area (Å²) in [5, 5.41) is 0. The molecule has 0 amide bonds. The fourth-order valence-corrected chi connectivity index (χ4v) is 6.71. The van der Waals surface area contributed by atoms with Gasteiger partial charge in [0.15, 0.2) is 6.10 Å². The first-order chi connectivity index (χ1) is 30.5. The second-order valence-corrected chi connectivity index (χ2v) is 16.5. The van der Waals surface area contributed by atoms with E-state index < -0.39 is 6.10 Å². The van der Waals surface area contributed by atoms with Crippen molar-refractivity contribution in [2.24, 2.45) is 0 Å². The van der Waals surface area contributed by atoms with Crippen molar-refractivity contribution >= 4 is 17.9 Å². The van der Waals surface area contributed by atoms with Crippen LogP contribution in [0.1, 0.15) is 220 Å². The third kappa shape index (κ3) is 47.4. The van der Waals surface area contributed by atoms with E-state index in [1.807, 2.05) is 54.7 Å². The number of hydrogen-bond donors (Lipinski definition) is 0. The molecule has 0 bridgehead atoms. The second kappa shape index (κ2) is 50.0. The Labute approximate surface area is 381 Å². The van der Waals surface area contributed by atoms with Crippen molar-refractivity contribution < 1.29 is 28.6 Å². The number of hydrogen-bond acceptors (Lipinski definition) is 6. The fraction of sp³-hybridized carbons (Fsp3) is 0.661. The maximum atomic E-state index is 12.7. The monoisotopic (exact) mass is 861 g/mol. The van der Waals surface area contributed by atoms with Gasteiger partial charge in [-0.05, 0) is 57.8 Å². The van der Waals surface area contributed by atoms with Crippen molar-refractivity contribution in [3.63, 3.8) is 0 Å². The lowest BCUT2D eigenvalue weighted by Crippen LogP contribution is -2.30. The summed E-state index contributed by atoms with van der Waals surface area (Å²) in [4.78, 5) is 37.9. The summed E-state index contributed by atoms with van der Waals surface area (Å²) >= 11 is 0. The zero-order chi connectivity index (χ0) is 45.1. The molecular formula is C56H92O6. The smallest absolute Gasteiger partial charge is 0.306 e. The number of unbranched alkanes of at least 4 members (excludes halogenated alkanes) is 23. The molecule has 0 N–H and O–H groups in total. The van der Waals surface area contributed by atoms with E-state index in [2.05, 4.69) is 63.3 Å². The SMILES string of the molecule is CC\C=C/C=C\C=C/C=C\C=C/CCCC(=O)OC(COC(=O)CCCCCCC\C=C/C=C\C=C/CCCCCCC)COC(=O)CCCCCCCCCCCCCCC. The predicted molar refractivity (Wildman–Crippen MR) is 265 cm³/mol. The molecule has 0 aliphatic rings. The summed E-state index contributed by atoms with van der Waals surface area (Å²) in [5.41, 5.74) is 0. The van der Waals surface area contributed by atoms with Gasteiger partial charge in [-0.25, -0.2) is 0 Å². The van der Waals surface area contributed by atoms with Crippen molar-refractivity contribution in [2.45, 2.75) is 226 Å². The van der Waals surface area contributed by atoms with Crippen LogP contribution in [0.15, 0.2) is 97.2 Å². The van der Waals surface area contributed by atoms with Crippen molar-refractivity contribution in [1.82, 2.24) is 0 Å². The molecule has 0 aromatic heterocycles. The number of ether oxygens (including phenoxy) is 3. The highest BCUT2D eigenvalue weighted by atomic mass is 16.6. The highest BCUT2D eigenvalue weighted by Crippen LogP contribution is 2.14. The molecule has 0 spiro atoms. The summed E-state index contributed by atoms with van der Waals surface area (Å²) in [6, 6.07) is 0. The summed E-state index contributed by atoms with van der Waals surface area (Å²) in [5.74, 6) is -1.01. The van der Waals surface area contributed by atoms with Crippen LogP contribution in [0.25, 0.3) is 0 Å². The maximum absolute atomic E-state index is 12.7. The summed E-state index contributed by atoms with van der Waals surface area (Å²) in [6.07, 6.45) is 65.4. The Balaban J connectivity index is 4.51. The minimum Gasteiger partial charge on any atom is -0.462 e. The van der Waals surface area contributed by atoms with E-state index in [1.54, 1.807) is 0 Å². The summed E-state index contributed by atoms with van der Waals surface area (Å²) < 4.78 is 16.7. The number of esters is 3. The molecule has 1 atom stereocenters. The molecule has 0 rings (SSSR count). The van der Waals surface area contributed by atoms with Gasteiger partial charge < -0.3 is 14.2 Å². The molecular weight excluding hydrogens is 769 g/mol. The molecule has 62 heavy (non-hydrogen) atoms. The van der Waals surface area contributed by atoms with E-state index in [9.17, 15) is 14.4 Å². The van der Waals surface area contributed by atoms with Crippen LogP contribution in [-0.4, -0.2) is 37.2 Å². The number of rotatable bonds is 44. The molecule has 0 heterocycles. The Morgan fingerprint density at radius 2 is 0.645 bits per heavy atom. The number of allylic oxidation sites excluding steroid dienone is 16. The van der Waals surface area contributed by atoms with Crippen molar-refractivity contribution in [3.05, 3.63) is 97.2 Å².